The van der Waals surface area contributed by atoms with Gasteiger partial charge >= 0.3 is 16.2 Å². The number of carboxylic acids is 1. The summed E-state index contributed by atoms with van der Waals surface area (Å²) in [5, 5.41) is 18.2. The van der Waals surface area contributed by atoms with Crippen LogP contribution in [0.5, 0.6) is 5.75 Å². The topological polar surface area (TPSA) is 107 Å². The number of hydrogen-bond donors (Lipinski definition) is 3. The maximum atomic E-state index is 12.0. The monoisotopic (exact) mass is 288 g/mol. The van der Waals surface area contributed by atoms with Crippen molar-refractivity contribution in [2.45, 2.75) is 13.8 Å². The predicted molar refractivity (Wildman–Crippen MR) is 70.5 cm³/mol. The number of anilines is 1. The molecule has 7 nitrogen and oxygen atoms in total. The van der Waals surface area contributed by atoms with Crippen LogP contribution in [0.4, 0.5) is 5.69 Å². The van der Waals surface area contributed by atoms with Crippen molar-refractivity contribution in [1.82, 2.24) is 4.31 Å². The van der Waals surface area contributed by atoms with Gasteiger partial charge in [0.1, 0.15) is 5.75 Å². The molecule has 0 bridgehead atoms. The van der Waals surface area contributed by atoms with Gasteiger partial charge in [0.05, 0.1) is 11.3 Å². The first-order valence-electron chi connectivity index (χ1n) is 5.66. The van der Waals surface area contributed by atoms with E-state index in [1.54, 1.807) is 13.8 Å². The number of hydrogen-bond acceptors (Lipinski definition) is 4. The fourth-order valence-electron chi connectivity index (χ4n) is 1.57. The van der Waals surface area contributed by atoms with E-state index in [2.05, 4.69) is 4.72 Å². The van der Waals surface area contributed by atoms with Crippen LogP contribution in [0.1, 0.15) is 24.2 Å². The van der Waals surface area contributed by atoms with E-state index in [-0.39, 0.29) is 30.1 Å². The summed E-state index contributed by atoms with van der Waals surface area (Å²) in [5.41, 5.74) is -0.395. The average Bonchev–Trinajstić information content (AvgIpc) is 2.32. The van der Waals surface area contributed by atoms with Crippen LogP contribution in [0.2, 0.25) is 0 Å². The molecule has 0 aromatic heterocycles. The molecular formula is C11H16N2O5S. The molecule has 0 spiro atoms. The molecule has 106 valence electrons. The van der Waals surface area contributed by atoms with E-state index in [1.165, 1.54) is 12.1 Å². The highest BCUT2D eigenvalue weighted by Gasteiger charge is 2.21. The minimum atomic E-state index is -3.81. The number of carboxylic acid groups (broad SMARTS) is 1. The Balaban J connectivity index is 3.16. The minimum absolute atomic E-state index is 0.0859. The van der Waals surface area contributed by atoms with Crippen molar-refractivity contribution in [3.8, 4) is 5.75 Å². The van der Waals surface area contributed by atoms with Crippen molar-refractivity contribution in [3.05, 3.63) is 23.8 Å². The van der Waals surface area contributed by atoms with Gasteiger partial charge in [-0.05, 0) is 18.2 Å². The second kappa shape index (κ2) is 5.89. The van der Waals surface area contributed by atoms with E-state index in [4.69, 9.17) is 5.11 Å². The molecule has 8 heteroatoms. The van der Waals surface area contributed by atoms with Gasteiger partial charge in [0.25, 0.3) is 0 Å². The highest BCUT2D eigenvalue weighted by atomic mass is 32.2. The highest BCUT2D eigenvalue weighted by Crippen LogP contribution is 2.23. The molecular weight excluding hydrogens is 272 g/mol. The summed E-state index contributed by atoms with van der Waals surface area (Å²) in [4.78, 5) is 11.0. The maximum Gasteiger partial charge on any atom is 0.337 e. The quantitative estimate of drug-likeness (QED) is 0.679. The third-order valence-corrected chi connectivity index (χ3v) is 4.19. The summed E-state index contributed by atoms with van der Waals surface area (Å²) in [6.45, 7) is 3.90. The maximum absolute atomic E-state index is 12.0. The van der Waals surface area contributed by atoms with E-state index < -0.39 is 16.2 Å². The van der Waals surface area contributed by atoms with Crippen molar-refractivity contribution >= 4 is 21.9 Å². The first-order valence-corrected chi connectivity index (χ1v) is 7.10. The lowest BCUT2D eigenvalue weighted by molar-refractivity contribution is 0.0697. The summed E-state index contributed by atoms with van der Waals surface area (Å²) in [5.74, 6) is -1.57. The van der Waals surface area contributed by atoms with Crippen LogP contribution in [-0.2, 0) is 10.2 Å². The van der Waals surface area contributed by atoms with Gasteiger partial charge < -0.3 is 10.2 Å². The average molecular weight is 288 g/mol. The molecule has 0 saturated heterocycles. The van der Waals surface area contributed by atoms with Crippen LogP contribution in [0, 0.1) is 0 Å². The Morgan fingerprint density at radius 3 is 2.37 bits per heavy atom. The Labute approximate surface area is 111 Å². The van der Waals surface area contributed by atoms with Gasteiger partial charge in [-0.2, -0.15) is 12.7 Å². The standard InChI is InChI=1S/C11H16N2O5S/c1-3-13(4-2)19(17,18)12-10-6-5-8(14)7-9(10)11(15)16/h5-7,12,14H,3-4H2,1-2H3,(H,15,16). The molecule has 3 N–H and O–H groups in total. The van der Waals surface area contributed by atoms with Gasteiger partial charge in [0, 0.05) is 13.1 Å². The van der Waals surface area contributed by atoms with Gasteiger partial charge in [-0.15, -0.1) is 0 Å². The number of carbonyl (C=O) groups is 1. The van der Waals surface area contributed by atoms with Crippen LogP contribution in [0.25, 0.3) is 0 Å². The summed E-state index contributed by atoms with van der Waals surface area (Å²) in [7, 11) is -3.81. The summed E-state index contributed by atoms with van der Waals surface area (Å²) in [6.07, 6.45) is 0. The number of phenolic OH excluding ortho intramolecular Hbond substituents is 1. The Morgan fingerprint density at radius 2 is 1.89 bits per heavy atom. The van der Waals surface area contributed by atoms with Crippen molar-refractivity contribution in [1.29, 1.82) is 0 Å². The molecule has 0 aliphatic heterocycles. The van der Waals surface area contributed by atoms with Crippen LogP contribution in [0.3, 0.4) is 0 Å². The Hall–Kier alpha value is -1.80. The number of phenols is 1. The van der Waals surface area contributed by atoms with Crippen LogP contribution < -0.4 is 4.72 Å². The van der Waals surface area contributed by atoms with Crippen LogP contribution in [0.15, 0.2) is 18.2 Å². The summed E-state index contributed by atoms with van der Waals surface area (Å²) in [6, 6.07) is 3.41. The van der Waals surface area contributed by atoms with E-state index in [1.807, 2.05) is 0 Å². The zero-order valence-electron chi connectivity index (χ0n) is 10.6. The zero-order valence-corrected chi connectivity index (χ0v) is 11.4. The molecule has 0 fully saturated rings. The highest BCUT2D eigenvalue weighted by molar-refractivity contribution is 7.90. The molecule has 0 aliphatic rings. The predicted octanol–water partition coefficient (Wildman–Crippen LogP) is 1.09. The number of aromatic carboxylic acids is 1. The number of nitrogens with one attached hydrogen (secondary N) is 1. The van der Waals surface area contributed by atoms with Gasteiger partial charge in [-0.3, -0.25) is 4.72 Å². The summed E-state index contributed by atoms with van der Waals surface area (Å²) >= 11 is 0. The molecule has 0 radical (unpaired) electrons. The molecule has 1 aromatic carbocycles. The molecule has 19 heavy (non-hydrogen) atoms. The van der Waals surface area contributed by atoms with Gasteiger partial charge in [-0.1, -0.05) is 13.8 Å². The second-order valence-corrected chi connectivity index (χ2v) is 5.40. The number of nitrogens with zero attached hydrogens (tertiary/aromatic N) is 1. The van der Waals surface area contributed by atoms with Crippen molar-refractivity contribution < 1.29 is 23.4 Å². The first kappa shape index (κ1) is 15.3. The van der Waals surface area contributed by atoms with Crippen LogP contribution >= 0.6 is 0 Å². The molecule has 1 aromatic rings. The molecule has 0 aliphatic carbocycles. The number of benzene rings is 1. The molecule has 0 saturated carbocycles. The Bertz CT molecular complexity index is 566. The van der Waals surface area contributed by atoms with Gasteiger partial charge in [0.2, 0.25) is 0 Å². The third kappa shape index (κ3) is 3.58. The third-order valence-electron chi connectivity index (χ3n) is 2.52. The first-order chi connectivity index (χ1) is 8.81. The molecule has 0 atom stereocenters. The second-order valence-electron chi connectivity index (χ2n) is 3.73. The molecule has 1 rings (SSSR count). The zero-order chi connectivity index (χ0) is 14.6. The lowest BCUT2D eigenvalue weighted by atomic mass is 10.2. The van der Waals surface area contributed by atoms with E-state index >= 15 is 0 Å². The number of rotatable bonds is 6. The van der Waals surface area contributed by atoms with Crippen molar-refractivity contribution in [3.63, 3.8) is 0 Å². The lowest BCUT2D eigenvalue weighted by Crippen LogP contribution is -2.35. The van der Waals surface area contributed by atoms with E-state index in [0.29, 0.717) is 0 Å². The smallest absolute Gasteiger partial charge is 0.337 e. The Kier molecular flexibility index (Phi) is 4.73. The fourth-order valence-corrected chi connectivity index (χ4v) is 2.83. The number of aromatic hydroxyl groups is 1. The van der Waals surface area contributed by atoms with Gasteiger partial charge in [0.15, 0.2) is 0 Å². The molecule has 0 unspecified atom stereocenters. The largest absolute Gasteiger partial charge is 0.508 e. The fraction of sp³-hybridized carbons (Fsp3) is 0.364. The lowest BCUT2D eigenvalue weighted by Gasteiger charge is -2.20. The Morgan fingerprint density at radius 1 is 1.32 bits per heavy atom. The van der Waals surface area contributed by atoms with Gasteiger partial charge in [-0.25, -0.2) is 4.79 Å². The SMILES string of the molecule is CCN(CC)S(=O)(=O)Nc1ccc(O)cc1C(=O)O. The van der Waals surface area contributed by atoms with E-state index in [9.17, 15) is 18.3 Å². The minimum Gasteiger partial charge on any atom is -0.508 e. The molecule has 0 amide bonds. The normalized spacial score (nSPS) is 11.5. The van der Waals surface area contributed by atoms with Crippen molar-refractivity contribution in [2.75, 3.05) is 17.8 Å². The molecule has 0 heterocycles. The van der Waals surface area contributed by atoms with Crippen molar-refractivity contribution in [2.24, 2.45) is 0 Å². The van der Waals surface area contributed by atoms with Crippen LogP contribution in [-0.4, -0.2) is 42.0 Å². The summed E-state index contributed by atoms with van der Waals surface area (Å²) < 4.78 is 27.3. The van der Waals surface area contributed by atoms with E-state index in [0.717, 1.165) is 10.4 Å².